The number of anilines is 1. The van der Waals surface area contributed by atoms with Crippen LogP contribution >= 0.6 is 0 Å². The molecule has 1 saturated carbocycles. The first-order valence-electron chi connectivity index (χ1n) is 7.29. The minimum atomic E-state index is 0.159. The molecule has 0 radical (unpaired) electrons. The van der Waals surface area contributed by atoms with Crippen molar-refractivity contribution in [2.75, 3.05) is 12.3 Å². The summed E-state index contributed by atoms with van der Waals surface area (Å²) in [5.41, 5.74) is 5.92. The summed E-state index contributed by atoms with van der Waals surface area (Å²) in [6, 6.07) is 3.69. The summed E-state index contributed by atoms with van der Waals surface area (Å²) in [4.78, 5) is 4.02. The standard InChI is InChI=1S/C15H22N2O2/c16-14-13(5-4-10-17-14)18-11-12-6-9-15(19-12)7-2-1-3-8-15/h4-5,10,12H,1-3,6-9,11H2,(H2,16,17). The van der Waals surface area contributed by atoms with Crippen LogP contribution in [0, 0.1) is 0 Å². The zero-order valence-corrected chi connectivity index (χ0v) is 11.3. The molecular formula is C15H22N2O2. The Hall–Kier alpha value is -1.29. The van der Waals surface area contributed by atoms with Gasteiger partial charge in [0.1, 0.15) is 6.61 Å². The molecule has 4 nitrogen and oxygen atoms in total. The van der Waals surface area contributed by atoms with Crippen LogP contribution in [0.3, 0.4) is 0 Å². The van der Waals surface area contributed by atoms with Gasteiger partial charge in [-0.3, -0.25) is 0 Å². The monoisotopic (exact) mass is 262 g/mol. The molecule has 2 N–H and O–H groups in total. The average molecular weight is 262 g/mol. The number of ether oxygens (including phenoxy) is 2. The van der Waals surface area contributed by atoms with E-state index in [0.717, 1.165) is 6.42 Å². The summed E-state index contributed by atoms with van der Waals surface area (Å²) in [5.74, 6) is 1.11. The first-order chi connectivity index (χ1) is 9.27. The SMILES string of the molecule is Nc1ncccc1OCC1CCC2(CCCCC2)O1. The molecule has 1 spiro atoms. The lowest BCUT2D eigenvalue weighted by molar-refractivity contribution is -0.0748. The lowest BCUT2D eigenvalue weighted by Gasteiger charge is -2.33. The molecule has 1 saturated heterocycles. The normalized spacial score (nSPS) is 25.6. The number of nitrogens with zero attached hydrogens (tertiary/aromatic N) is 1. The second-order valence-electron chi connectivity index (χ2n) is 5.72. The van der Waals surface area contributed by atoms with Gasteiger partial charge in [0.25, 0.3) is 0 Å². The second-order valence-corrected chi connectivity index (χ2v) is 5.72. The lowest BCUT2D eigenvalue weighted by Crippen LogP contribution is -2.32. The number of rotatable bonds is 3. The minimum absolute atomic E-state index is 0.159. The summed E-state index contributed by atoms with van der Waals surface area (Å²) < 4.78 is 12.0. The van der Waals surface area contributed by atoms with Crippen molar-refractivity contribution >= 4 is 5.82 Å². The van der Waals surface area contributed by atoms with Crippen molar-refractivity contribution in [2.24, 2.45) is 0 Å². The smallest absolute Gasteiger partial charge is 0.166 e. The fourth-order valence-corrected chi connectivity index (χ4v) is 3.28. The quantitative estimate of drug-likeness (QED) is 0.910. The summed E-state index contributed by atoms with van der Waals surface area (Å²) in [5, 5.41) is 0. The van der Waals surface area contributed by atoms with Crippen molar-refractivity contribution in [2.45, 2.75) is 56.7 Å². The fourth-order valence-electron chi connectivity index (χ4n) is 3.28. The first-order valence-corrected chi connectivity index (χ1v) is 7.29. The molecule has 0 amide bonds. The average Bonchev–Trinajstić information content (AvgIpc) is 2.82. The molecule has 1 aromatic rings. The molecule has 2 heterocycles. The van der Waals surface area contributed by atoms with Gasteiger partial charge < -0.3 is 15.2 Å². The Morgan fingerprint density at radius 3 is 2.95 bits per heavy atom. The molecule has 1 unspecified atom stereocenters. The maximum atomic E-state index is 6.27. The molecule has 2 fully saturated rings. The number of nitrogens with two attached hydrogens (primary N) is 1. The maximum Gasteiger partial charge on any atom is 0.166 e. The molecule has 19 heavy (non-hydrogen) atoms. The van der Waals surface area contributed by atoms with Gasteiger partial charge in [-0.05, 0) is 37.8 Å². The third kappa shape index (κ3) is 2.84. The molecule has 1 atom stereocenters. The van der Waals surface area contributed by atoms with Crippen LogP contribution in [0.5, 0.6) is 5.75 Å². The van der Waals surface area contributed by atoms with Gasteiger partial charge in [-0.1, -0.05) is 19.3 Å². The molecular weight excluding hydrogens is 240 g/mol. The Balaban J connectivity index is 1.53. The van der Waals surface area contributed by atoms with E-state index in [1.807, 2.05) is 12.1 Å². The maximum absolute atomic E-state index is 6.27. The topological polar surface area (TPSA) is 57.4 Å². The van der Waals surface area contributed by atoms with E-state index in [9.17, 15) is 0 Å². The van der Waals surface area contributed by atoms with Gasteiger partial charge in [-0.25, -0.2) is 4.98 Å². The van der Waals surface area contributed by atoms with Crippen molar-refractivity contribution in [1.29, 1.82) is 0 Å². The van der Waals surface area contributed by atoms with Gasteiger partial charge in [0.2, 0.25) is 0 Å². The van der Waals surface area contributed by atoms with E-state index >= 15 is 0 Å². The Labute approximate surface area is 114 Å². The van der Waals surface area contributed by atoms with Gasteiger partial charge >= 0.3 is 0 Å². The highest BCUT2D eigenvalue weighted by Gasteiger charge is 2.40. The van der Waals surface area contributed by atoms with Crippen molar-refractivity contribution in [3.05, 3.63) is 18.3 Å². The molecule has 4 heteroatoms. The molecule has 1 aliphatic heterocycles. The number of hydrogen-bond acceptors (Lipinski definition) is 4. The van der Waals surface area contributed by atoms with E-state index in [1.165, 1.54) is 38.5 Å². The van der Waals surface area contributed by atoms with Crippen LogP contribution in [0.1, 0.15) is 44.9 Å². The predicted molar refractivity (Wildman–Crippen MR) is 74.1 cm³/mol. The molecule has 2 aliphatic rings. The van der Waals surface area contributed by atoms with Crippen LogP contribution in [-0.4, -0.2) is 23.3 Å². The van der Waals surface area contributed by atoms with E-state index < -0.39 is 0 Å². The number of hydrogen-bond donors (Lipinski definition) is 1. The van der Waals surface area contributed by atoms with E-state index in [2.05, 4.69) is 4.98 Å². The Bertz CT molecular complexity index is 430. The molecule has 3 rings (SSSR count). The van der Waals surface area contributed by atoms with Crippen LogP contribution in [0.4, 0.5) is 5.82 Å². The van der Waals surface area contributed by atoms with E-state index in [0.29, 0.717) is 18.2 Å². The van der Waals surface area contributed by atoms with Gasteiger partial charge in [0.05, 0.1) is 11.7 Å². The summed E-state index contributed by atoms with van der Waals surface area (Å²) in [6.07, 6.45) is 10.6. The van der Waals surface area contributed by atoms with E-state index in [-0.39, 0.29) is 11.7 Å². The van der Waals surface area contributed by atoms with Crippen LogP contribution in [0.15, 0.2) is 18.3 Å². The third-order valence-corrected chi connectivity index (χ3v) is 4.33. The lowest BCUT2D eigenvalue weighted by atomic mass is 9.83. The van der Waals surface area contributed by atoms with Crippen LogP contribution < -0.4 is 10.5 Å². The number of pyridine rings is 1. The van der Waals surface area contributed by atoms with Crippen LogP contribution in [0.2, 0.25) is 0 Å². The van der Waals surface area contributed by atoms with Crippen molar-refractivity contribution in [3.63, 3.8) is 0 Å². The molecule has 0 bridgehead atoms. The van der Waals surface area contributed by atoms with Crippen molar-refractivity contribution in [1.82, 2.24) is 4.98 Å². The van der Waals surface area contributed by atoms with Crippen LogP contribution in [-0.2, 0) is 4.74 Å². The molecule has 1 aromatic heterocycles. The minimum Gasteiger partial charge on any atom is -0.487 e. The largest absolute Gasteiger partial charge is 0.487 e. The zero-order valence-electron chi connectivity index (χ0n) is 11.3. The van der Waals surface area contributed by atoms with Gasteiger partial charge in [-0.15, -0.1) is 0 Å². The molecule has 0 aromatic carbocycles. The van der Waals surface area contributed by atoms with Gasteiger partial charge in [0, 0.05) is 6.20 Å². The third-order valence-electron chi connectivity index (χ3n) is 4.33. The van der Waals surface area contributed by atoms with E-state index in [4.69, 9.17) is 15.2 Å². The Morgan fingerprint density at radius 1 is 1.32 bits per heavy atom. The Morgan fingerprint density at radius 2 is 2.16 bits per heavy atom. The predicted octanol–water partition coefficient (Wildman–Crippen LogP) is 2.92. The van der Waals surface area contributed by atoms with Crippen LogP contribution in [0.25, 0.3) is 0 Å². The first kappa shape index (κ1) is 12.7. The number of aromatic nitrogens is 1. The zero-order chi connectivity index (χ0) is 13.1. The van der Waals surface area contributed by atoms with Crippen molar-refractivity contribution in [3.8, 4) is 5.75 Å². The second kappa shape index (κ2) is 5.37. The van der Waals surface area contributed by atoms with E-state index in [1.54, 1.807) is 6.20 Å². The fraction of sp³-hybridized carbons (Fsp3) is 0.667. The highest BCUT2D eigenvalue weighted by Crippen LogP contribution is 2.41. The molecule has 104 valence electrons. The molecule has 1 aliphatic carbocycles. The van der Waals surface area contributed by atoms with Gasteiger partial charge in [-0.2, -0.15) is 0 Å². The summed E-state index contributed by atoms with van der Waals surface area (Å²) >= 11 is 0. The summed E-state index contributed by atoms with van der Waals surface area (Å²) in [7, 11) is 0. The van der Waals surface area contributed by atoms with Crippen molar-refractivity contribution < 1.29 is 9.47 Å². The highest BCUT2D eigenvalue weighted by molar-refractivity contribution is 5.44. The van der Waals surface area contributed by atoms with Gasteiger partial charge in [0.15, 0.2) is 11.6 Å². The highest BCUT2D eigenvalue weighted by atomic mass is 16.6. The Kier molecular flexibility index (Phi) is 3.60. The number of nitrogen functional groups attached to an aromatic ring is 1. The summed E-state index contributed by atoms with van der Waals surface area (Å²) in [6.45, 7) is 0.581.